The molecule has 1 aromatic carbocycles. The van der Waals surface area contributed by atoms with E-state index < -0.39 is 5.41 Å². The number of rotatable bonds is 5. The molecule has 0 unspecified atom stereocenters. The van der Waals surface area contributed by atoms with Gasteiger partial charge in [0.1, 0.15) is 5.82 Å². The number of aromatic nitrogens is 1. The van der Waals surface area contributed by atoms with Gasteiger partial charge in [-0.15, -0.1) is 0 Å². The standard InChI is InChI=1S/C25H36N4O/c1-19(2)21-9-7-8-10-22(21)29(24(30)25(3,4)5)18-20-11-12-23(26-17-20)28-15-13-27(6)14-16-28/h7-12,17,19H,13-16,18H2,1-6H3. The minimum atomic E-state index is -0.461. The number of carbonyl (C=O) groups is 1. The van der Waals surface area contributed by atoms with Gasteiger partial charge in [-0.25, -0.2) is 4.98 Å². The Hall–Kier alpha value is -2.40. The topological polar surface area (TPSA) is 39.7 Å². The number of para-hydroxylation sites is 1. The zero-order valence-electron chi connectivity index (χ0n) is 19.4. The van der Waals surface area contributed by atoms with Crippen LogP contribution in [-0.4, -0.2) is 49.0 Å². The number of likely N-dealkylation sites (N-methyl/N-ethyl adjacent to an activating group) is 1. The van der Waals surface area contributed by atoms with Crippen LogP contribution in [0.2, 0.25) is 0 Å². The van der Waals surface area contributed by atoms with Crippen molar-refractivity contribution in [1.29, 1.82) is 0 Å². The second kappa shape index (κ2) is 9.17. The van der Waals surface area contributed by atoms with Gasteiger partial charge in [0, 0.05) is 43.5 Å². The summed E-state index contributed by atoms with van der Waals surface area (Å²) in [4.78, 5) is 24.7. The van der Waals surface area contributed by atoms with Crippen LogP contribution in [-0.2, 0) is 11.3 Å². The lowest BCUT2D eigenvalue weighted by Gasteiger charge is -2.33. The fourth-order valence-corrected chi connectivity index (χ4v) is 3.81. The molecular weight excluding hydrogens is 372 g/mol. The summed E-state index contributed by atoms with van der Waals surface area (Å²) < 4.78 is 0. The van der Waals surface area contributed by atoms with E-state index in [0.29, 0.717) is 12.5 Å². The second-order valence-corrected chi connectivity index (χ2v) is 9.67. The summed E-state index contributed by atoms with van der Waals surface area (Å²) in [6, 6.07) is 12.4. The van der Waals surface area contributed by atoms with Crippen molar-refractivity contribution in [3.8, 4) is 0 Å². The van der Waals surface area contributed by atoms with E-state index >= 15 is 0 Å². The van der Waals surface area contributed by atoms with E-state index in [0.717, 1.165) is 43.2 Å². The highest BCUT2D eigenvalue weighted by atomic mass is 16.2. The number of carbonyl (C=O) groups excluding carboxylic acids is 1. The van der Waals surface area contributed by atoms with E-state index in [4.69, 9.17) is 4.98 Å². The van der Waals surface area contributed by atoms with Crippen LogP contribution in [0.3, 0.4) is 0 Å². The van der Waals surface area contributed by atoms with E-state index in [1.54, 1.807) is 0 Å². The molecule has 1 aromatic heterocycles. The SMILES string of the molecule is CC(C)c1ccccc1N(Cc1ccc(N2CCN(C)CC2)nc1)C(=O)C(C)(C)C. The zero-order chi connectivity index (χ0) is 21.9. The normalized spacial score (nSPS) is 15.5. The van der Waals surface area contributed by atoms with Crippen molar-refractivity contribution in [3.63, 3.8) is 0 Å². The molecule has 1 fully saturated rings. The number of piperazine rings is 1. The maximum absolute atomic E-state index is 13.4. The summed E-state index contributed by atoms with van der Waals surface area (Å²) in [6.45, 7) is 14.9. The van der Waals surface area contributed by atoms with Crippen molar-refractivity contribution in [2.24, 2.45) is 5.41 Å². The van der Waals surface area contributed by atoms with Crippen molar-refractivity contribution >= 4 is 17.4 Å². The van der Waals surface area contributed by atoms with Crippen LogP contribution in [0, 0.1) is 5.41 Å². The van der Waals surface area contributed by atoms with Crippen LogP contribution >= 0.6 is 0 Å². The Morgan fingerprint density at radius 1 is 1.07 bits per heavy atom. The molecule has 5 nitrogen and oxygen atoms in total. The molecule has 0 aliphatic carbocycles. The van der Waals surface area contributed by atoms with Gasteiger partial charge in [-0.2, -0.15) is 0 Å². The molecule has 1 saturated heterocycles. The minimum absolute atomic E-state index is 0.124. The molecule has 1 aliphatic rings. The van der Waals surface area contributed by atoms with Crippen molar-refractivity contribution in [2.45, 2.75) is 47.1 Å². The predicted molar refractivity (Wildman–Crippen MR) is 125 cm³/mol. The number of anilines is 2. The molecule has 3 rings (SSSR count). The van der Waals surface area contributed by atoms with Gasteiger partial charge < -0.3 is 14.7 Å². The molecule has 0 saturated carbocycles. The molecule has 0 atom stereocenters. The second-order valence-electron chi connectivity index (χ2n) is 9.67. The van der Waals surface area contributed by atoms with E-state index in [1.807, 2.05) is 44.0 Å². The molecule has 1 amide bonds. The highest BCUT2D eigenvalue weighted by Gasteiger charge is 2.30. The number of pyridine rings is 1. The highest BCUT2D eigenvalue weighted by Crippen LogP contribution is 2.32. The lowest BCUT2D eigenvalue weighted by molar-refractivity contribution is -0.125. The van der Waals surface area contributed by atoms with Crippen LogP contribution in [0.4, 0.5) is 11.5 Å². The van der Waals surface area contributed by atoms with Gasteiger partial charge in [0.15, 0.2) is 0 Å². The monoisotopic (exact) mass is 408 g/mol. The summed E-state index contributed by atoms with van der Waals surface area (Å²) in [6.07, 6.45) is 1.93. The van der Waals surface area contributed by atoms with Gasteiger partial charge in [-0.3, -0.25) is 4.79 Å². The third-order valence-corrected chi connectivity index (χ3v) is 5.71. The smallest absolute Gasteiger partial charge is 0.232 e. The molecule has 30 heavy (non-hydrogen) atoms. The van der Waals surface area contributed by atoms with Gasteiger partial charge in [-0.1, -0.05) is 58.9 Å². The summed E-state index contributed by atoms with van der Waals surface area (Å²) in [7, 11) is 2.16. The molecule has 0 spiro atoms. The summed E-state index contributed by atoms with van der Waals surface area (Å²) in [5, 5.41) is 0. The van der Waals surface area contributed by atoms with Gasteiger partial charge in [0.2, 0.25) is 5.91 Å². The Balaban J connectivity index is 1.86. The predicted octanol–water partition coefficient (Wildman–Crippen LogP) is 4.54. The number of hydrogen-bond donors (Lipinski definition) is 0. The quantitative estimate of drug-likeness (QED) is 0.728. The third kappa shape index (κ3) is 5.20. The summed E-state index contributed by atoms with van der Waals surface area (Å²) >= 11 is 0. The maximum Gasteiger partial charge on any atom is 0.232 e. The fraction of sp³-hybridized carbons (Fsp3) is 0.520. The summed E-state index contributed by atoms with van der Waals surface area (Å²) in [5.74, 6) is 1.48. The maximum atomic E-state index is 13.4. The number of nitrogens with zero attached hydrogens (tertiary/aromatic N) is 4. The van der Waals surface area contributed by atoms with E-state index in [9.17, 15) is 4.79 Å². The van der Waals surface area contributed by atoms with Crippen molar-refractivity contribution in [3.05, 3.63) is 53.7 Å². The Morgan fingerprint density at radius 2 is 1.73 bits per heavy atom. The number of amides is 1. The largest absolute Gasteiger partial charge is 0.354 e. The first-order chi connectivity index (χ1) is 14.2. The van der Waals surface area contributed by atoms with E-state index in [2.05, 4.69) is 55.0 Å². The van der Waals surface area contributed by atoms with Gasteiger partial charge in [-0.05, 0) is 36.2 Å². The molecule has 0 N–H and O–H groups in total. The molecule has 2 aromatic rings. The van der Waals surface area contributed by atoms with Gasteiger partial charge in [0.05, 0.1) is 6.54 Å². The Bertz CT molecular complexity index is 846. The first kappa shape index (κ1) is 22.3. The Labute approximate surface area is 181 Å². The van der Waals surface area contributed by atoms with E-state index in [-0.39, 0.29) is 5.91 Å². The van der Waals surface area contributed by atoms with Crippen molar-refractivity contribution in [2.75, 3.05) is 43.0 Å². The minimum Gasteiger partial charge on any atom is -0.354 e. The molecular formula is C25H36N4O. The summed E-state index contributed by atoms with van der Waals surface area (Å²) in [5.41, 5.74) is 2.77. The molecule has 162 valence electrons. The molecule has 0 radical (unpaired) electrons. The zero-order valence-corrected chi connectivity index (χ0v) is 19.4. The fourth-order valence-electron chi connectivity index (χ4n) is 3.81. The average molecular weight is 409 g/mol. The molecule has 1 aliphatic heterocycles. The van der Waals surface area contributed by atoms with Crippen LogP contribution < -0.4 is 9.80 Å². The lowest BCUT2D eigenvalue weighted by Crippen LogP contribution is -2.44. The lowest BCUT2D eigenvalue weighted by atomic mass is 9.92. The Morgan fingerprint density at radius 3 is 2.30 bits per heavy atom. The van der Waals surface area contributed by atoms with Crippen LogP contribution in [0.25, 0.3) is 0 Å². The highest BCUT2D eigenvalue weighted by molar-refractivity contribution is 5.97. The van der Waals surface area contributed by atoms with Crippen LogP contribution in [0.1, 0.15) is 51.7 Å². The van der Waals surface area contributed by atoms with E-state index in [1.165, 1.54) is 5.56 Å². The number of benzene rings is 1. The van der Waals surface area contributed by atoms with Crippen LogP contribution in [0.5, 0.6) is 0 Å². The van der Waals surface area contributed by atoms with Crippen molar-refractivity contribution < 1.29 is 4.79 Å². The third-order valence-electron chi connectivity index (χ3n) is 5.71. The first-order valence-corrected chi connectivity index (χ1v) is 11.0. The molecule has 0 bridgehead atoms. The first-order valence-electron chi connectivity index (χ1n) is 11.0. The number of hydrogen-bond acceptors (Lipinski definition) is 4. The Kier molecular flexibility index (Phi) is 6.81. The van der Waals surface area contributed by atoms with Gasteiger partial charge in [0.25, 0.3) is 0 Å². The van der Waals surface area contributed by atoms with Crippen LogP contribution in [0.15, 0.2) is 42.6 Å². The van der Waals surface area contributed by atoms with Crippen molar-refractivity contribution in [1.82, 2.24) is 9.88 Å². The molecule has 5 heteroatoms. The average Bonchev–Trinajstić information content (AvgIpc) is 2.72. The molecule has 2 heterocycles. The van der Waals surface area contributed by atoms with Gasteiger partial charge >= 0.3 is 0 Å².